The lowest BCUT2D eigenvalue weighted by molar-refractivity contribution is -0.290. The van der Waals surface area contributed by atoms with Crippen LogP contribution in [-0.4, -0.2) is 64.8 Å². The minimum atomic E-state index is -1.44. The van der Waals surface area contributed by atoms with Crippen molar-refractivity contribution in [2.24, 2.45) is 0 Å². The smallest absolute Gasteiger partial charge is 0.184 e. The lowest BCUT2D eigenvalue weighted by atomic mass is 10.9. The van der Waals surface area contributed by atoms with Crippen LogP contribution >= 0.6 is 0 Å². The number of aliphatic hydroxyl groups excluding tert-OH is 4. The summed E-state index contributed by atoms with van der Waals surface area (Å²) in [5, 5.41) is 36.6. The highest BCUT2D eigenvalue weighted by molar-refractivity contribution is 4.89. The van der Waals surface area contributed by atoms with Gasteiger partial charge in [-0.2, -0.15) is 0 Å². The molecule has 1 fully saturated rings. The van der Waals surface area contributed by atoms with Gasteiger partial charge in [-0.1, -0.05) is 0 Å². The Morgan fingerprint density at radius 2 is 1.85 bits per heavy atom. The predicted molar refractivity (Wildman–Crippen MR) is 40.8 cm³/mol. The van der Waals surface area contributed by atoms with E-state index >= 15 is 0 Å². The van der Waals surface area contributed by atoms with E-state index in [-0.39, 0.29) is 0 Å². The van der Waals surface area contributed by atoms with Crippen LogP contribution in [0.3, 0.4) is 0 Å². The van der Waals surface area contributed by atoms with E-state index in [2.05, 4.69) is 0 Å². The molecule has 4 N–H and O–H groups in total. The van der Waals surface area contributed by atoms with Crippen molar-refractivity contribution >= 4 is 0 Å². The molecule has 0 aromatic rings. The average Bonchev–Trinajstić information content (AvgIpc) is 2.12. The van der Waals surface area contributed by atoms with Crippen LogP contribution < -0.4 is 0 Å². The van der Waals surface area contributed by atoms with Crippen molar-refractivity contribution < 1.29 is 29.9 Å². The maximum absolute atomic E-state index is 9.44. The lowest BCUT2D eigenvalue weighted by Gasteiger charge is -2.39. The number of hydrogen-bond donors (Lipinski definition) is 4. The molecule has 6 heteroatoms. The van der Waals surface area contributed by atoms with E-state index in [9.17, 15) is 10.2 Å². The molecule has 0 aliphatic carbocycles. The molecule has 5 atom stereocenters. The van der Waals surface area contributed by atoms with Gasteiger partial charge >= 0.3 is 0 Å². The fourth-order valence-corrected chi connectivity index (χ4v) is 1.35. The summed E-state index contributed by atoms with van der Waals surface area (Å²) in [5.41, 5.74) is 0. The fraction of sp³-hybridized carbons (Fsp3) is 1.00. The minimum absolute atomic E-state index is 0.440. The van der Waals surface area contributed by atoms with Crippen molar-refractivity contribution in [1.29, 1.82) is 0 Å². The Labute approximate surface area is 75.3 Å². The number of aliphatic hydroxyl groups is 4. The molecule has 0 bridgehead atoms. The number of hydrogen-bond acceptors (Lipinski definition) is 6. The molecule has 0 aromatic carbocycles. The SMILES string of the molecule is CO[13C@@H]1[13C@@H](O)[13C@@H](O)O[13C@H]([13CH2]O)[13C@H]1O. The first-order chi connectivity index (χ1) is 6.11. The van der Waals surface area contributed by atoms with Gasteiger partial charge in [0.1, 0.15) is 24.4 Å². The predicted octanol–water partition coefficient (Wildman–Crippen LogP) is -2.57. The maximum atomic E-state index is 9.44. The Morgan fingerprint density at radius 1 is 1.23 bits per heavy atom. The molecular weight excluding hydrogens is 186 g/mol. The zero-order valence-corrected chi connectivity index (χ0v) is 7.20. The summed E-state index contributed by atoms with van der Waals surface area (Å²) >= 11 is 0. The normalized spacial score (nSPS) is 46.4. The van der Waals surface area contributed by atoms with Crippen LogP contribution in [0, 0.1) is 0 Å². The molecular formula is C7H14O6. The third-order valence-corrected chi connectivity index (χ3v) is 2.11. The Kier molecular flexibility index (Phi) is 3.60. The molecule has 78 valence electrons. The standard InChI is InChI=1S/C7H14O6/c1-12-6-4(9)3(2-8)13-7(11)5(6)10/h3-11H,2H2,1H3/t3-,4-,5-,6+,7+/m1/s1/i2+1,3+1,4+1,5+1,6+1,7+1. The van der Waals surface area contributed by atoms with E-state index in [1.54, 1.807) is 0 Å². The van der Waals surface area contributed by atoms with Gasteiger partial charge in [-0.05, 0) is 0 Å². The molecule has 6 nitrogen and oxygen atoms in total. The van der Waals surface area contributed by atoms with Crippen LogP contribution in [0.15, 0.2) is 0 Å². The Hall–Kier alpha value is -0.240. The van der Waals surface area contributed by atoms with Crippen LogP contribution in [0.1, 0.15) is 0 Å². The van der Waals surface area contributed by atoms with Gasteiger partial charge in [0.2, 0.25) is 0 Å². The second-order valence-electron chi connectivity index (χ2n) is 2.93. The first-order valence-electron chi connectivity index (χ1n) is 3.95. The summed E-state index contributed by atoms with van der Waals surface area (Å²) in [6, 6.07) is 0. The number of ether oxygens (including phenoxy) is 2. The van der Waals surface area contributed by atoms with Crippen LogP contribution in [0.2, 0.25) is 0 Å². The highest BCUT2D eigenvalue weighted by atomic mass is 16.8. The Bertz CT molecular complexity index is 163. The maximum Gasteiger partial charge on any atom is 0.184 e. The Morgan fingerprint density at radius 3 is 2.31 bits per heavy atom. The molecule has 1 aliphatic rings. The van der Waals surface area contributed by atoms with Crippen LogP contribution in [0.4, 0.5) is 0 Å². The quantitative estimate of drug-likeness (QED) is 0.366. The highest BCUT2D eigenvalue weighted by Crippen LogP contribution is 2.21. The molecule has 0 saturated carbocycles. The summed E-state index contributed by atoms with van der Waals surface area (Å²) in [4.78, 5) is 0. The van der Waals surface area contributed by atoms with Gasteiger partial charge in [-0.25, -0.2) is 0 Å². The molecule has 0 aromatic heterocycles. The Balaban J connectivity index is 2.69. The van der Waals surface area contributed by atoms with Crippen molar-refractivity contribution in [3.8, 4) is 0 Å². The van der Waals surface area contributed by atoms with Crippen LogP contribution in [-0.2, 0) is 9.47 Å². The highest BCUT2D eigenvalue weighted by Gasteiger charge is 2.43. The summed E-state index contributed by atoms with van der Waals surface area (Å²) < 4.78 is 9.48. The number of rotatable bonds is 2. The van der Waals surface area contributed by atoms with Gasteiger partial charge in [0.25, 0.3) is 0 Å². The van der Waals surface area contributed by atoms with Crippen molar-refractivity contribution in [3.63, 3.8) is 0 Å². The van der Waals surface area contributed by atoms with Gasteiger partial charge in [-0.15, -0.1) is 0 Å². The van der Waals surface area contributed by atoms with E-state index in [1.165, 1.54) is 7.11 Å². The first kappa shape index (κ1) is 10.8. The van der Waals surface area contributed by atoms with Crippen LogP contribution in [0.5, 0.6) is 0 Å². The topological polar surface area (TPSA) is 99.4 Å². The zero-order valence-electron chi connectivity index (χ0n) is 7.20. The minimum Gasteiger partial charge on any atom is -0.394 e. The molecule has 1 aliphatic heterocycles. The molecule has 1 saturated heterocycles. The molecule has 0 spiro atoms. The fourth-order valence-electron chi connectivity index (χ4n) is 1.35. The third-order valence-electron chi connectivity index (χ3n) is 2.11. The summed E-state index contributed by atoms with van der Waals surface area (Å²) in [5.74, 6) is 0. The van der Waals surface area contributed by atoms with E-state index in [0.717, 1.165) is 0 Å². The molecule has 0 unspecified atom stereocenters. The van der Waals surface area contributed by atoms with Gasteiger partial charge in [0, 0.05) is 7.11 Å². The van der Waals surface area contributed by atoms with E-state index in [1.807, 2.05) is 0 Å². The van der Waals surface area contributed by atoms with Gasteiger partial charge in [-0.3, -0.25) is 0 Å². The van der Waals surface area contributed by atoms with E-state index < -0.39 is 37.3 Å². The van der Waals surface area contributed by atoms with Gasteiger partial charge in [0.15, 0.2) is 6.29 Å². The zero-order chi connectivity index (χ0) is 10.0. The molecule has 1 rings (SSSR count). The average molecular weight is 200 g/mol. The molecule has 0 amide bonds. The van der Waals surface area contributed by atoms with Gasteiger partial charge in [0.05, 0.1) is 6.61 Å². The third kappa shape index (κ3) is 1.98. The van der Waals surface area contributed by atoms with Gasteiger partial charge < -0.3 is 29.9 Å². The molecule has 0 radical (unpaired) electrons. The summed E-state index contributed by atoms with van der Waals surface area (Å²) in [6.45, 7) is -0.440. The summed E-state index contributed by atoms with van der Waals surface area (Å²) in [6.07, 6.45) is -5.76. The van der Waals surface area contributed by atoms with Crippen molar-refractivity contribution in [2.75, 3.05) is 13.7 Å². The monoisotopic (exact) mass is 200 g/mol. The molecule has 13 heavy (non-hydrogen) atoms. The second-order valence-corrected chi connectivity index (χ2v) is 2.93. The van der Waals surface area contributed by atoms with E-state index in [4.69, 9.17) is 19.7 Å². The van der Waals surface area contributed by atoms with Crippen molar-refractivity contribution in [1.82, 2.24) is 0 Å². The first-order valence-corrected chi connectivity index (χ1v) is 3.95. The largest absolute Gasteiger partial charge is 0.394 e. The van der Waals surface area contributed by atoms with E-state index in [0.29, 0.717) is 0 Å². The summed E-state index contributed by atoms with van der Waals surface area (Å²) in [7, 11) is 1.30. The van der Waals surface area contributed by atoms with Crippen molar-refractivity contribution in [3.05, 3.63) is 0 Å². The number of methoxy groups -OCH3 is 1. The lowest BCUT2D eigenvalue weighted by Crippen LogP contribution is -2.59. The van der Waals surface area contributed by atoms with Crippen molar-refractivity contribution in [2.45, 2.75) is 30.7 Å². The second kappa shape index (κ2) is 4.32. The van der Waals surface area contributed by atoms with Crippen LogP contribution in [0.25, 0.3) is 0 Å². The molecule has 1 heterocycles.